The fourth-order valence-electron chi connectivity index (χ4n) is 2.73. The van der Waals surface area contributed by atoms with Crippen LogP contribution in [0.2, 0.25) is 10.0 Å². The monoisotopic (exact) mass is 405 g/mol. The van der Waals surface area contributed by atoms with Gasteiger partial charge in [0.05, 0.1) is 27.8 Å². The molecule has 5 nitrogen and oxygen atoms in total. The highest BCUT2D eigenvalue weighted by Gasteiger charge is 2.25. The van der Waals surface area contributed by atoms with Crippen molar-refractivity contribution in [3.63, 3.8) is 0 Å². The van der Waals surface area contributed by atoms with Crippen molar-refractivity contribution in [1.82, 2.24) is 10.2 Å². The zero-order chi connectivity index (χ0) is 19.4. The zero-order valence-corrected chi connectivity index (χ0v) is 16.5. The van der Waals surface area contributed by atoms with Gasteiger partial charge in [0.1, 0.15) is 0 Å². The molecule has 1 fully saturated rings. The number of carbonyl (C=O) groups is 2. The Kier molecular flexibility index (Phi) is 6.37. The van der Waals surface area contributed by atoms with Crippen LogP contribution in [0, 0.1) is 0 Å². The van der Waals surface area contributed by atoms with Crippen molar-refractivity contribution in [2.75, 3.05) is 18.9 Å². The summed E-state index contributed by atoms with van der Waals surface area (Å²) in [7, 11) is 1.82. The molecule has 0 aliphatic heterocycles. The number of anilines is 1. The molecule has 1 aliphatic rings. The molecule has 0 unspecified atom stereocenters. The number of carbonyl (C=O) groups excluding carboxylic acids is 2. The van der Waals surface area contributed by atoms with Crippen LogP contribution < -0.4 is 10.6 Å². The summed E-state index contributed by atoms with van der Waals surface area (Å²) in [5.41, 5.74) is 1.83. The Morgan fingerprint density at radius 1 is 1.11 bits per heavy atom. The van der Waals surface area contributed by atoms with Crippen molar-refractivity contribution in [2.24, 2.45) is 0 Å². The van der Waals surface area contributed by atoms with E-state index in [-0.39, 0.29) is 24.4 Å². The molecule has 0 saturated heterocycles. The first kappa shape index (κ1) is 19.7. The standard InChI is InChI=1S/C20H21Cl2N3O2/c1-25(11-13-5-4-7-16(21)19(13)22)12-18(26)24-17-8-3-2-6-15(17)20(27)23-14-9-10-14/h2-8,14H,9-12H2,1H3,(H,23,27)(H,24,26). The zero-order valence-electron chi connectivity index (χ0n) is 15.0. The maximum absolute atomic E-state index is 12.4. The minimum Gasteiger partial charge on any atom is -0.349 e. The molecule has 2 amide bonds. The van der Waals surface area contributed by atoms with Crippen molar-refractivity contribution in [1.29, 1.82) is 0 Å². The maximum atomic E-state index is 12.4. The molecule has 0 radical (unpaired) electrons. The van der Waals surface area contributed by atoms with E-state index in [0.29, 0.717) is 27.8 Å². The highest BCUT2D eigenvalue weighted by atomic mass is 35.5. The molecule has 1 saturated carbocycles. The molecule has 3 rings (SSSR count). The van der Waals surface area contributed by atoms with Gasteiger partial charge in [0.25, 0.3) is 5.91 Å². The lowest BCUT2D eigenvalue weighted by atomic mass is 10.1. The van der Waals surface area contributed by atoms with Gasteiger partial charge in [-0.25, -0.2) is 0 Å². The summed E-state index contributed by atoms with van der Waals surface area (Å²) in [5.74, 6) is -0.366. The summed E-state index contributed by atoms with van der Waals surface area (Å²) in [5, 5.41) is 6.75. The lowest BCUT2D eigenvalue weighted by molar-refractivity contribution is -0.117. The number of likely N-dealkylation sites (N-methyl/N-ethyl adjacent to an activating group) is 1. The van der Waals surface area contributed by atoms with E-state index < -0.39 is 0 Å². The number of para-hydroxylation sites is 1. The predicted octanol–water partition coefficient (Wildman–Crippen LogP) is 3.96. The van der Waals surface area contributed by atoms with Gasteiger partial charge < -0.3 is 10.6 Å². The van der Waals surface area contributed by atoms with E-state index in [1.165, 1.54) is 0 Å². The van der Waals surface area contributed by atoms with Crippen LogP contribution in [-0.2, 0) is 11.3 Å². The SMILES string of the molecule is CN(CC(=O)Nc1ccccc1C(=O)NC1CC1)Cc1cccc(Cl)c1Cl. The first-order chi connectivity index (χ1) is 12.9. The summed E-state index contributed by atoms with van der Waals surface area (Å²) in [4.78, 5) is 26.6. The number of halogens is 2. The summed E-state index contributed by atoms with van der Waals surface area (Å²) < 4.78 is 0. The van der Waals surface area contributed by atoms with Gasteiger partial charge in [-0.2, -0.15) is 0 Å². The van der Waals surface area contributed by atoms with Crippen LogP contribution in [0.25, 0.3) is 0 Å². The van der Waals surface area contributed by atoms with E-state index in [0.717, 1.165) is 18.4 Å². The molecule has 0 bridgehead atoms. The van der Waals surface area contributed by atoms with Crippen molar-refractivity contribution in [3.05, 3.63) is 63.6 Å². The van der Waals surface area contributed by atoms with Gasteiger partial charge in [-0.05, 0) is 43.7 Å². The lowest BCUT2D eigenvalue weighted by Crippen LogP contribution is -2.31. The summed E-state index contributed by atoms with van der Waals surface area (Å²) in [6.45, 7) is 0.637. The van der Waals surface area contributed by atoms with Gasteiger partial charge >= 0.3 is 0 Å². The van der Waals surface area contributed by atoms with Crippen LogP contribution >= 0.6 is 23.2 Å². The molecule has 7 heteroatoms. The molecule has 142 valence electrons. The van der Waals surface area contributed by atoms with E-state index >= 15 is 0 Å². The molecule has 0 atom stereocenters. The topological polar surface area (TPSA) is 61.4 Å². The van der Waals surface area contributed by atoms with Crippen molar-refractivity contribution < 1.29 is 9.59 Å². The van der Waals surface area contributed by atoms with Gasteiger partial charge in [-0.1, -0.05) is 47.5 Å². The van der Waals surface area contributed by atoms with Gasteiger partial charge in [0, 0.05) is 12.6 Å². The van der Waals surface area contributed by atoms with Gasteiger partial charge in [0.2, 0.25) is 5.91 Å². The fraction of sp³-hybridized carbons (Fsp3) is 0.300. The Bertz CT molecular complexity index is 853. The molecule has 1 aliphatic carbocycles. The maximum Gasteiger partial charge on any atom is 0.253 e. The predicted molar refractivity (Wildman–Crippen MR) is 108 cm³/mol. The molecule has 0 aromatic heterocycles. The molecule has 2 aromatic rings. The fourth-order valence-corrected chi connectivity index (χ4v) is 3.11. The van der Waals surface area contributed by atoms with E-state index in [4.69, 9.17) is 23.2 Å². The highest BCUT2D eigenvalue weighted by molar-refractivity contribution is 6.42. The highest BCUT2D eigenvalue weighted by Crippen LogP contribution is 2.26. The molecular weight excluding hydrogens is 385 g/mol. The Hall–Kier alpha value is -2.08. The van der Waals surface area contributed by atoms with E-state index in [1.54, 1.807) is 30.3 Å². The van der Waals surface area contributed by atoms with Crippen LogP contribution in [0.4, 0.5) is 5.69 Å². The van der Waals surface area contributed by atoms with E-state index in [1.807, 2.05) is 24.1 Å². The van der Waals surface area contributed by atoms with Crippen molar-refractivity contribution in [2.45, 2.75) is 25.4 Å². The summed E-state index contributed by atoms with van der Waals surface area (Å²) >= 11 is 12.2. The molecule has 2 aromatic carbocycles. The number of hydrogen-bond donors (Lipinski definition) is 2. The van der Waals surface area contributed by atoms with Crippen LogP contribution in [0.15, 0.2) is 42.5 Å². The molecule has 0 spiro atoms. The third-order valence-corrected chi connectivity index (χ3v) is 5.10. The minimum absolute atomic E-state index is 0.154. The normalized spacial score (nSPS) is 13.5. The Morgan fingerprint density at radius 3 is 2.59 bits per heavy atom. The first-order valence-electron chi connectivity index (χ1n) is 8.75. The number of nitrogens with one attached hydrogen (secondary N) is 2. The van der Waals surface area contributed by atoms with Crippen LogP contribution in [0.3, 0.4) is 0 Å². The second-order valence-corrected chi connectivity index (χ2v) is 7.51. The van der Waals surface area contributed by atoms with Gasteiger partial charge in [-0.3, -0.25) is 14.5 Å². The van der Waals surface area contributed by atoms with E-state index in [2.05, 4.69) is 10.6 Å². The molecule has 2 N–H and O–H groups in total. The Labute approximate surface area is 168 Å². The van der Waals surface area contributed by atoms with E-state index in [9.17, 15) is 9.59 Å². The Morgan fingerprint density at radius 2 is 1.85 bits per heavy atom. The second kappa shape index (κ2) is 8.74. The smallest absolute Gasteiger partial charge is 0.253 e. The van der Waals surface area contributed by atoms with Crippen molar-refractivity contribution in [3.8, 4) is 0 Å². The third-order valence-electron chi connectivity index (χ3n) is 4.24. The number of rotatable bonds is 7. The number of hydrogen-bond acceptors (Lipinski definition) is 3. The van der Waals surface area contributed by atoms with Gasteiger partial charge in [0.15, 0.2) is 0 Å². The minimum atomic E-state index is -0.206. The Balaban J connectivity index is 1.60. The third kappa shape index (κ3) is 5.45. The average molecular weight is 406 g/mol. The lowest BCUT2D eigenvalue weighted by Gasteiger charge is -2.18. The summed E-state index contributed by atoms with van der Waals surface area (Å²) in [6, 6.07) is 12.7. The van der Waals surface area contributed by atoms with Crippen LogP contribution in [0.5, 0.6) is 0 Å². The number of benzene rings is 2. The summed E-state index contributed by atoms with van der Waals surface area (Å²) in [6.07, 6.45) is 2.02. The largest absolute Gasteiger partial charge is 0.349 e. The van der Waals surface area contributed by atoms with Crippen LogP contribution in [-0.4, -0.2) is 36.3 Å². The van der Waals surface area contributed by atoms with Gasteiger partial charge in [-0.15, -0.1) is 0 Å². The van der Waals surface area contributed by atoms with Crippen molar-refractivity contribution >= 4 is 40.7 Å². The second-order valence-electron chi connectivity index (χ2n) is 6.73. The molecule has 0 heterocycles. The average Bonchev–Trinajstić information content (AvgIpc) is 3.43. The number of nitrogens with zero attached hydrogens (tertiary/aromatic N) is 1. The first-order valence-corrected chi connectivity index (χ1v) is 9.51. The van der Waals surface area contributed by atoms with Crippen LogP contribution in [0.1, 0.15) is 28.8 Å². The molecule has 27 heavy (non-hydrogen) atoms. The number of amides is 2. The quantitative estimate of drug-likeness (QED) is 0.732. The molecular formula is C20H21Cl2N3O2.